The van der Waals surface area contributed by atoms with E-state index in [-0.39, 0.29) is 30.5 Å². The van der Waals surface area contributed by atoms with E-state index in [9.17, 15) is 38.6 Å². The fraction of sp³-hybridized carbons (Fsp3) is 0.674. The summed E-state index contributed by atoms with van der Waals surface area (Å²) in [6.07, 6.45) is 36.7. The first kappa shape index (κ1) is 58.2. The van der Waals surface area contributed by atoms with E-state index in [0.29, 0.717) is 32.1 Å². The van der Waals surface area contributed by atoms with Crippen molar-refractivity contribution in [1.29, 1.82) is 0 Å². The van der Waals surface area contributed by atoms with E-state index < -0.39 is 72.3 Å². The summed E-state index contributed by atoms with van der Waals surface area (Å²) in [6.45, 7) is 1.37. The minimum atomic E-state index is -4.90. The first-order valence-electron chi connectivity index (χ1n) is 22.7. The smallest absolute Gasteiger partial charge is 0.462 e. The van der Waals surface area contributed by atoms with Crippen molar-refractivity contribution in [2.45, 2.75) is 161 Å². The first-order valence-corrected chi connectivity index (χ1v) is 25.7. The molecular weight excluding hydrogens is 854 g/mol. The van der Waals surface area contributed by atoms with Gasteiger partial charge in [0.25, 0.3) is 0 Å². The van der Waals surface area contributed by atoms with Crippen LogP contribution in [0.3, 0.4) is 0 Å². The van der Waals surface area contributed by atoms with Gasteiger partial charge in [0.05, 0.1) is 25.9 Å². The van der Waals surface area contributed by atoms with Crippen LogP contribution in [0.25, 0.3) is 0 Å². The molecule has 0 aliphatic heterocycles. The molecule has 0 spiro atoms. The van der Waals surface area contributed by atoms with Gasteiger partial charge in [0, 0.05) is 18.8 Å². The van der Waals surface area contributed by atoms with E-state index in [2.05, 4.69) is 59.4 Å². The number of aliphatic hydroxyl groups is 2. The molecule has 360 valence electrons. The van der Waals surface area contributed by atoms with Gasteiger partial charge in [-0.3, -0.25) is 28.0 Å². The van der Waals surface area contributed by atoms with Gasteiger partial charge in [-0.1, -0.05) is 126 Å². The zero-order valence-corrected chi connectivity index (χ0v) is 39.3. The molecule has 0 saturated heterocycles. The van der Waals surface area contributed by atoms with Crippen LogP contribution >= 0.6 is 15.6 Å². The predicted molar refractivity (Wildman–Crippen MR) is 243 cm³/mol. The number of carbonyl (C=O) groups excluding carboxylic acids is 3. The van der Waals surface area contributed by atoms with Crippen LogP contribution in [-0.2, 0) is 46.6 Å². The number of phosphoric acid groups is 2. The number of phosphoric ester groups is 2. The number of rotatable bonds is 39. The highest BCUT2D eigenvalue weighted by atomic mass is 31.2. The average Bonchev–Trinajstić information content (AvgIpc) is 3.59. The second-order valence-corrected chi connectivity index (χ2v) is 18.3. The van der Waals surface area contributed by atoms with E-state index in [1.54, 1.807) is 18.2 Å². The maximum absolute atomic E-state index is 12.8. The number of ether oxygens (including phenoxy) is 2. The maximum atomic E-state index is 12.8. The Morgan fingerprint density at radius 2 is 1.25 bits per heavy atom. The summed E-state index contributed by atoms with van der Waals surface area (Å²) in [6, 6.07) is 0. The lowest BCUT2D eigenvalue weighted by atomic mass is 9.90. The molecule has 63 heavy (non-hydrogen) atoms. The highest BCUT2D eigenvalue weighted by Gasteiger charge is 2.29. The third-order valence-corrected chi connectivity index (χ3v) is 11.2. The second-order valence-electron chi connectivity index (χ2n) is 15.6. The highest BCUT2D eigenvalue weighted by molar-refractivity contribution is 7.47. The van der Waals surface area contributed by atoms with Crippen LogP contribution < -0.4 is 0 Å². The summed E-state index contributed by atoms with van der Waals surface area (Å²) in [4.78, 5) is 65.3. The van der Waals surface area contributed by atoms with E-state index in [0.717, 1.165) is 64.2 Å². The standard InChI is InChI=1S/C46H76O15P2/c1-3-5-7-8-9-10-11-12-13-14-15-16-17-18-19-20-25-29-45(50)57-37-42(38-60-63(55,56)59-36-41(48)35-58-62(52,53)54)61-46(51)30-26-22-21-24-27-39-31-34-44(49)43(39)33-32-40(47)28-23-6-4-2/h9-10,12-13,15-16,21,24,31-34,39-43,47-48H,3-8,11,14,17-20,22-23,25-30,35-38H2,1-2H3,(H,55,56)(H2,52,53,54)/b10-9-,13-12-,16-15-,24-21-,33-32+/t39-,40-,41-,42+,43+/m0/s1. The molecule has 1 unspecified atom stereocenters. The molecule has 0 fully saturated rings. The molecule has 0 saturated carbocycles. The Hall–Kier alpha value is -2.81. The molecule has 6 atom stereocenters. The van der Waals surface area contributed by atoms with Gasteiger partial charge in [-0.25, -0.2) is 9.13 Å². The number of hydrogen-bond donors (Lipinski definition) is 5. The molecule has 1 aliphatic rings. The molecule has 17 heteroatoms. The Kier molecular flexibility index (Phi) is 33.6. The summed E-state index contributed by atoms with van der Waals surface area (Å²) in [7, 11) is -9.77. The van der Waals surface area contributed by atoms with Crippen molar-refractivity contribution in [3.05, 3.63) is 72.9 Å². The zero-order valence-electron chi connectivity index (χ0n) is 37.5. The Labute approximate surface area is 375 Å². The molecule has 0 heterocycles. The Morgan fingerprint density at radius 3 is 1.94 bits per heavy atom. The molecule has 0 amide bonds. The van der Waals surface area contributed by atoms with Gasteiger partial charge in [-0.2, -0.15) is 0 Å². The van der Waals surface area contributed by atoms with Gasteiger partial charge in [-0.05, 0) is 82.6 Å². The zero-order chi connectivity index (χ0) is 46.6. The number of hydrogen-bond acceptors (Lipinski definition) is 12. The Balaban J connectivity index is 2.55. The number of allylic oxidation sites excluding steroid dienone is 11. The monoisotopic (exact) mass is 930 g/mol. The SMILES string of the molecule is CCCCC/C=C\C/C=C\C/C=C\CCCCCCC(=O)OC[C@H](COP(=O)(O)OC[C@@H](O)COP(=O)(O)O)OC(=O)CCC/C=C\C[C@H]1C=CC(=O)[C@@H]1/C=C/[C@@H](O)CCCCC. The molecule has 0 aromatic rings. The number of ketones is 1. The van der Waals surface area contributed by atoms with Gasteiger partial charge < -0.3 is 34.4 Å². The number of unbranched alkanes of at least 4 members (excludes halogenated alkanes) is 10. The minimum Gasteiger partial charge on any atom is -0.462 e. The van der Waals surface area contributed by atoms with Gasteiger partial charge in [0.1, 0.15) is 12.7 Å². The van der Waals surface area contributed by atoms with Crippen molar-refractivity contribution in [1.82, 2.24) is 0 Å². The van der Waals surface area contributed by atoms with Crippen LogP contribution in [0.4, 0.5) is 0 Å². The Morgan fingerprint density at radius 1 is 0.683 bits per heavy atom. The lowest BCUT2D eigenvalue weighted by Gasteiger charge is -2.20. The van der Waals surface area contributed by atoms with Crippen molar-refractivity contribution in [3.63, 3.8) is 0 Å². The quantitative estimate of drug-likeness (QED) is 0.0167. The fourth-order valence-corrected chi connectivity index (χ4v) is 7.38. The van der Waals surface area contributed by atoms with Crippen LogP contribution in [0.5, 0.6) is 0 Å². The van der Waals surface area contributed by atoms with Crippen LogP contribution in [-0.4, -0.2) is 87.4 Å². The van der Waals surface area contributed by atoms with Crippen molar-refractivity contribution in [2.75, 3.05) is 26.4 Å². The molecular formula is C46H76O15P2. The average molecular weight is 931 g/mol. The van der Waals surface area contributed by atoms with Crippen molar-refractivity contribution in [2.24, 2.45) is 11.8 Å². The van der Waals surface area contributed by atoms with E-state index >= 15 is 0 Å². The molecule has 0 radical (unpaired) electrons. The van der Waals surface area contributed by atoms with Crippen molar-refractivity contribution in [3.8, 4) is 0 Å². The largest absolute Gasteiger partial charge is 0.472 e. The third kappa shape index (κ3) is 34.2. The molecule has 5 N–H and O–H groups in total. The van der Waals surface area contributed by atoms with Crippen molar-refractivity contribution < 1.29 is 71.5 Å². The minimum absolute atomic E-state index is 0.00266. The van der Waals surface area contributed by atoms with Crippen LogP contribution in [0.1, 0.15) is 142 Å². The molecule has 1 rings (SSSR count). The lowest BCUT2D eigenvalue weighted by Crippen LogP contribution is -2.29. The van der Waals surface area contributed by atoms with E-state index in [1.165, 1.54) is 19.3 Å². The summed E-state index contributed by atoms with van der Waals surface area (Å²) in [5, 5.41) is 20.0. The van der Waals surface area contributed by atoms with Gasteiger partial charge >= 0.3 is 27.6 Å². The predicted octanol–water partition coefficient (Wildman–Crippen LogP) is 9.40. The summed E-state index contributed by atoms with van der Waals surface area (Å²) >= 11 is 0. The number of carbonyl (C=O) groups is 3. The Bertz CT molecular complexity index is 1530. The van der Waals surface area contributed by atoms with Crippen LogP contribution in [0.15, 0.2) is 72.9 Å². The topological polar surface area (TPSA) is 233 Å². The molecule has 0 aromatic carbocycles. The number of aliphatic hydroxyl groups excluding tert-OH is 2. The van der Waals surface area contributed by atoms with Gasteiger partial charge in [0.15, 0.2) is 11.9 Å². The van der Waals surface area contributed by atoms with Crippen LogP contribution in [0.2, 0.25) is 0 Å². The molecule has 0 aromatic heterocycles. The third-order valence-electron chi connectivity index (χ3n) is 9.81. The van der Waals surface area contributed by atoms with E-state index in [1.807, 2.05) is 18.2 Å². The highest BCUT2D eigenvalue weighted by Crippen LogP contribution is 2.44. The summed E-state index contributed by atoms with van der Waals surface area (Å²) in [5.41, 5.74) is 0. The lowest BCUT2D eigenvalue weighted by molar-refractivity contribution is -0.161. The maximum Gasteiger partial charge on any atom is 0.472 e. The molecule has 15 nitrogen and oxygen atoms in total. The van der Waals surface area contributed by atoms with Crippen LogP contribution in [0, 0.1) is 11.8 Å². The normalized spacial score (nSPS) is 18.4. The summed E-state index contributed by atoms with van der Waals surface area (Å²) in [5.74, 6) is -1.59. The van der Waals surface area contributed by atoms with Crippen molar-refractivity contribution >= 4 is 33.4 Å². The fourth-order valence-electron chi connectivity index (χ4n) is 6.23. The number of esters is 2. The van der Waals surface area contributed by atoms with Gasteiger partial charge in [0.2, 0.25) is 0 Å². The molecule has 1 aliphatic carbocycles. The first-order chi connectivity index (χ1) is 30.2. The van der Waals surface area contributed by atoms with Gasteiger partial charge in [-0.15, -0.1) is 0 Å². The molecule has 0 bridgehead atoms. The van der Waals surface area contributed by atoms with E-state index in [4.69, 9.17) is 23.8 Å². The second kappa shape index (κ2) is 36.4. The summed E-state index contributed by atoms with van der Waals surface area (Å²) < 4.78 is 47.8.